The molecule has 14 heteroatoms. The maximum Gasteiger partial charge on any atom is 0.312 e. The van der Waals surface area contributed by atoms with Crippen LogP contribution in [0, 0.1) is 30.6 Å². The molecule has 0 spiro atoms. The molecular formula is C37H47NNaO12. The monoisotopic (exact) mass is 720 g/mol. The van der Waals surface area contributed by atoms with Crippen LogP contribution in [0.3, 0.4) is 0 Å². The van der Waals surface area contributed by atoms with Crippen LogP contribution >= 0.6 is 0 Å². The third-order valence-electron chi connectivity index (χ3n) is 9.84. The number of anilines is 1. The first kappa shape index (κ1) is 41.8. The zero-order valence-corrected chi connectivity index (χ0v) is 32.7. The molecule has 0 saturated heterocycles. The number of fused-ring (bicyclic) bond motifs is 14. The van der Waals surface area contributed by atoms with Gasteiger partial charge in [-0.3, -0.25) is 14.4 Å². The zero-order chi connectivity index (χ0) is 37.4. The number of ether oxygens (including phenoxy) is 4. The van der Waals surface area contributed by atoms with Crippen LogP contribution in [-0.2, 0) is 23.8 Å². The van der Waals surface area contributed by atoms with Gasteiger partial charge in [-0.1, -0.05) is 45.9 Å². The Balaban J connectivity index is 0.00000702. The van der Waals surface area contributed by atoms with Gasteiger partial charge >= 0.3 is 11.8 Å². The molecule has 0 aliphatic carbocycles. The van der Waals surface area contributed by atoms with Crippen molar-refractivity contribution in [2.75, 3.05) is 12.4 Å². The Bertz CT molecular complexity index is 1770. The molecule has 2 aromatic rings. The molecule has 0 aromatic heterocycles. The molecule has 0 unspecified atom stereocenters. The number of benzene rings is 2. The van der Waals surface area contributed by atoms with Gasteiger partial charge in [0, 0.05) is 96.8 Å². The second-order valence-electron chi connectivity index (χ2n) is 13.4. The predicted octanol–water partition coefficient (Wildman–Crippen LogP) is 4.37. The van der Waals surface area contributed by atoms with Gasteiger partial charge in [-0.2, -0.15) is 0 Å². The van der Waals surface area contributed by atoms with Gasteiger partial charge in [0.15, 0.2) is 5.75 Å². The van der Waals surface area contributed by atoms with Gasteiger partial charge < -0.3 is 49.8 Å². The summed E-state index contributed by atoms with van der Waals surface area (Å²) in [5, 5.41) is 58.2. The fourth-order valence-corrected chi connectivity index (χ4v) is 6.65. The molecule has 2 aromatic carbocycles. The van der Waals surface area contributed by atoms with Gasteiger partial charge in [0.2, 0.25) is 0 Å². The molecule has 9 atom stereocenters. The molecule has 3 aliphatic heterocycles. The number of esters is 1. The van der Waals surface area contributed by atoms with Crippen LogP contribution in [0.1, 0.15) is 64.4 Å². The maximum absolute atomic E-state index is 13.9. The van der Waals surface area contributed by atoms with E-state index in [9.17, 15) is 39.9 Å². The molecular weight excluding hydrogens is 673 g/mol. The van der Waals surface area contributed by atoms with E-state index in [0.29, 0.717) is 0 Å². The normalized spacial score (nSPS) is 32.6. The zero-order valence-electron chi connectivity index (χ0n) is 30.7. The van der Waals surface area contributed by atoms with Crippen molar-refractivity contribution in [2.24, 2.45) is 23.7 Å². The van der Waals surface area contributed by atoms with Crippen LogP contribution in [0.25, 0.3) is 10.8 Å². The van der Waals surface area contributed by atoms with Crippen molar-refractivity contribution >= 4 is 63.7 Å². The van der Waals surface area contributed by atoms with E-state index in [1.807, 2.05) is 0 Å². The van der Waals surface area contributed by atoms with Gasteiger partial charge in [0.25, 0.3) is 11.7 Å². The fraction of sp³-hybridized carbons (Fsp3) is 0.486. The first-order valence-corrected chi connectivity index (χ1v) is 16.4. The number of nitrogens with one attached hydrogen (secondary N) is 1. The number of amides is 1. The van der Waals surface area contributed by atoms with Crippen molar-refractivity contribution in [3.63, 3.8) is 0 Å². The summed E-state index contributed by atoms with van der Waals surface area (Å²) in [5.74, 6) is -7.99. The average molecular weight is 721 g/mol. The predicted molar refractivity (Wildman–Crippen MR) is 190 cm³/mol. The molecule has 13 nitrogen and oxygen atoms in total. The van der Waals surface area contributed by atoms with E-state index in [4.69, 9.17) is 18.9 Å². The number of aliphatic hydroxyl groups excluding tert-OH is 2. The molecule has 0 fully saturated rings. The van der Waals surface area contributed by atoms with Crippen LogP contribution in [0.2, 0.25) is 0 Å². The Morgan fingerprint density at radius 2 is 1.59 bits per heavy atom. The van der Waals surface area contributed by atoms with Crippen molar-refractivity contribution in [3.8, 4) is 23.0 Å². The van der Waals surface area contributed by atoms with Gasteiger partial charge in [-0.25, -0.2) is 0 Å². The van der Waals surface area contributed by atoms with Crippen molar-refractivity contribution in [3.05, 3.63) is 53.3 Å². The molecule has 1 radical (unpaired) electrons. The molecule has 6 N–H and O–H groups in total. The number of Topliss-reactive ketones (excluding diaryl/α,β-unsaturated/α-hetero) is 1. The molecule has 3 aliphatic rings. The van der Waals surface area contributed by atoms with E-state index in [-0.39, 0.29) is 68.5 Å². The third kappa shape index (κ3) is 8.08. The van der Waals surface area contributed by atoms with Crippen LogP contribution in [0.5, 0.6) is 23.0 Å². The van der Waals surface area contributed by atoms with Crippen molar-refractivity contribution in [1.82, 2.24) is 0 Å². The molecule has 51 heavy (non-hydrogen) atoms. The number of carbonyl (C=O) groups excluding carboxylic acids is 3. The van der Waals surface area contributed by atoms with E-state index in [1.165, 1.54) is 53.2 Å². The van der Waals surface area contributed by atoms with Gasteiger partial charge in [-0.15, -0.1) is 0 Å². The minimum absolute atomic E-state index is 0. The number of allylic oxidation sites excluding steroid dienone is 2. The molecule has 3 heterocycles. The summed E-state index contributed by atoms with van der Waals surface area (Å²) in [6.45, 7) is 12.5. The summed E-state index contributed by atoms with van der Waals surface area (Å²) in [4.78, 5) is 39.2. The first-order chi connectivity index (χ1) is 23.4. The largest absolute Gasteiger partial charge is 0.507 e. The number of phenols is 3. The molecule has 0 saturated carbocycles. The topological polar surface area (TPSA) is 201 Å². The Morgan fingerprint density at radius 3 is 2.20 bits per heavy atom. The van der Waals surface area contributed by atoms with E-state index in [0.717, 1.165) is 6.07 Å². The second-order valence-corrected chi connectivity index (χ2v) is 13.4. The van der Waals surface area contributed by atoms with Crippen LogP contribution < -0.4 is 10.1 Å². The number of rotatable bonds is 2. The Morgan fingerprint density at radius 1 is 0.941 bits per heavy atom. The van der Waals surface area contributed by atoms with E-state index < -0.39 is 88.8 Å². The standard InChI is InChI=1S/C37H47NO12.Na/c1-16-11-10-12-17(2)36(46)38-23-15-24(40)26-27(32(23)44)31(43)21(6)34-28(26)35(45)37(8,50-34)48-14-13-25(47-9)18(3)33(49-22(7)39)20(5)30(42)19(4)29(16)41;/h10-16,18-20,25,29-30,33,40-44H,1-9H3,(H,38,46);/b11-10+,14-13+,17-12-;/t16-,18+,19+,20+,25-,29-,30+,33+,37-;/m0./s1. The summed E-state index contributed by atoms with van der Waals surface area (Å²) >= 11 is 0. The van der Waals surface area contributed by atoms with Crippen molar-refractivity contribution in [1.29, 1.82) is 0 Å². The average Bonchev–Trinajstić information content (AvgIpc) is 3.33. The number of phenolic OH excluding ortho intramolecular Hbond substituents is 3. The van der Waals surface area contributed by atoms with E-state index >= 15 is 0 Å². The van der Waals surface area contributed by atoms with E-state index in [2.05, 4.69) is 5.32 Å². The van der Waals surface area contributed by atoms with Crippen molar-refractivity contribution in [2.45, 2.75) is 85.6 Å². The Hall–Kier alpha value is -3.59. The minimum Gasteiger partial charge on any atom is -0.507 e. The number of ketones is 1. The van der Waals surface area contributed by atoms with Gasteiger partial charge in [-0.05, 0) is 19.9 Å². The summed E-state index contributed by atoms with van der Waals surface area (Å²) in [7, 11) is 1.43. The van der Waals surface area contributed by atoms with Crippen LogP contribution in [-0.4, -0.2) is 110 Å². The third-order valence-corrected chi connectivity index (χ3v) is 9.84. The molecule has 5 rings (SSSR count). The fourth-order valence-electron chi connectivity index (χ4n) is 6.65. The van der Waals surface area contributed by atoms with E-state index in [1.54, 1.807) is 39.8 Å². The molecule has 5 bridgehead atoms. The Labute approximate surface area is 319 Å². The number of hydrogen-bond acceptors (Lipinski definition) is 12. The van der Waals surface area contributed by atoms with Gasteiger partial charge in [0.05, 0.1) is 41.2 Å². The summed E-state index contributed by atoms with van der Waals surface area (Å²) in [6.07, 6.45) is 3.62. The maximum atomic E-state index is 13.9. The molecule has 1 amide bonds. The first-order valence-electron chi connectivity index (χ1n) is 16.4. The van der Waals surface area contributed by atoms with Gasteiger partial charge in [0.1, 0.15) is 23.4 Å². The SMILES string of the molecule is CO[C@H]1/C=C/O[C@@]2(C)Oc3c(C)c(O)c4c(O)c(cc(O)c4c3C2=O)NC(=O)/C(C)=C\C=C\[C@H](C)[C@H](O)[C@@H](C)[C@@H](O)[C@@H](C)[C@H](OC(C)=O)[C@@H]1C.[Na]. The second kappa shape index (κ2) is 16.4. The molecule has 273 valence electrons. The quantitative estimate of drug-likeness (QED) is 0.111. The summed E-state index contributed by atoms with van der Waals surface area (Å²) < 4.78 is 23.2. The summed E-state index contributed by atoms with van der Waals surface area (Å²) in [6, 6.07) is 1.06. The Kier molecular flexibility index (Phi) is 13.4. The smallest absolute Gasteiger partial charge is 0.312 e. The number of aromatic hydroxyl groups is 3. The number of aliphatic hydroxyl groups is 2. The number of methoxy groups -OCH3 is 1. The van der Waals surface area contributed by atoms with Crippen molar-refractivity contribution < 1.29 is 58.9 Å². The summed E-state index contributed by atoms with van der Waals surface area (Å²) in [5.41, 5.74) is -0.0929. The van der Waals surface area contributed by atoms with Crippen LogP contribution in [0.4, 0.5) is 5.69 Å². The number of hydrogen-bond donors (Lipinski definition) is 6. The minimum atomic E-state index is -1.98. The van der Waals surface area contributed by atoms with Crippen LogP contribution in [0.15, 0.2) is 42.2 Å². The number of carbonyl (C=O) groups is 3.